The molecule has 1 amide bonds. The van der Waals surface area contributed by atoms with E-state index in [9.17, 15) is 19.6 Å². The Labute approximate surface area is 232 Å². The fraction of sp³-hybridized carbons (Fsp3) is 0.438. The Bertz CT molecular complexity index is 1280. The first-order chi connectivity index (χ1) is 18.3. The molecule has 0 aliphatic heterocycles. The van der Waals surface area contributed by atoms with Crippen molar-refractivity contribution in [2.45, 2.75) is 78.6 Å². The molecule has 2 rings (SSSR count). The molecule has 39 heavy (non-hydrogen) atoms. The number of carboxylic acid groups (broad SMARTS) is 1. The first kappa shape index (κ1) is 31.3. The van der Waals surface area contributed by atoms with Gasteiger partial charge < -0.3 is 15.3 Å². The molecule has 0 unspecified atom stereocenters. The molecular weight excluding hydrogens is 490 g/mol. The minimum atomic E-state index is -0.849. The molecule has 0 atom stereocenters. The monoisotopic (exact) mass is 531 g/mol. The van der Waals surface area contributed by atoms with Gasteiger partial charge in [0, 0.05) is 30.0 Å². The Morgan fingerprint density at radius 3 is 2.23 bits per heavy atom. The number of carboxylic acids is 1. The summed E-state index contributed by atoms with van der Waals surface area (Å²) in [6, 6.07) is 14.8. The topological polar surface area (TPSA) is 99.1 Å². The van der Waals surface area contributed by atoms with Crippen LogP contribution in [0, 0.1) is 16.9 Å². The third kappa shape index (κ3) is 9.10. The lowest BCUT2D eigenvalue weighted by atomic mass is 9.79. The van der Waals surface area contributed by atoms with Gasteiger partial charge in [-0.25, -0.2) is 0 Å². The highest BCUT2D eigenvalue weighted by Gasteiger charge is 2.24. The standard InChI is InChI=1S/C32H41N3O4/c1-8-33-27-15-13-23(21-29(36)34-39)19-25(27)32(6,7)17-11-10-12-18-35(9-2)28-16-14-24(22-30(37)38)20-26(28)31(3,4)5/h10-11,13-16,19-20,33H,8-9,17,21-22H2,1-7H3,(H,37,38)/b11-10+. The van der Waals surface area contributed by atoms with E-state index in [0.717, 1.165) is 40.2 Å². The van der Waals surface area contributed by atoms with Crippen molar-refractivity contribution in [3.05, 3.63) is 75.7 Å². The van der Waals surface area contributed by atoms with Crippen molar-refractivity contribution in [2.75, 3.05) is 23.3 Å². The lowest BCUT2D eigenvalue weighted by Crippen LogP contribution is -2.22. The summed E-state index contributed by atoms with van der Waals surface area (Å²) in [4.78, 5) is 35.4. The number of benzene rings is 2. The van der Waals surface area contributed by atoms with Crippen LogP contribution in [0.2, 0.25) is 0 Å². The molecule has 0 aliphatic carbocycles. The van der Waals surface area contributed by atoms with E-state index in [1.165, 1.54) is 0 Å². The summed E-state index contributed by atoms with van der Waals surface area (Å²) in [5.74, 6) is 1.63. The average molecular weight is 532 g/mol. The number of anilines is 2. The summed E-state index contributed by atoms with van der Waals surface area (Å²) in [7, 11) is 0. The van der Waals surface area contributed by atoms with Crippen molar-refractivity contribution in [3.8, 4) is 12.0 Å². The molecule has 7 heteroatoms. The third-order valence-corrected chi connectivity index (χ3v) is 6.50. The van der Waals surface area contributed by atoms with Crippen LogP contribution < -0.4 is 10.2 Å². The summed E-state index contributed by atoms with van der Waals surface area (Å²) in [5.41, 5.74) is 5.19. The lowest BCUT2D eigenvalue weighted by molar-refractivity contribution is -0.136. The van der Waals surface area contributed by atoms with E-state index >= 15 is 0 Å². The fourth-order valence-electron chi connectivity index (χ4n) is 4.46. The van der Waals surface area contributed by atoms with Crippen LogP contribution in [0.5, 0.6) is 0 Å². The molecule has 0 bridgehead atoms. The zero-order valence-corrected chi connectivity index (χ0v) is 24.2. The Morgan fingerprint density at radius 2 is 1.64 bits per heavy atom. The van der Waals surface area contributed by atoms with Crippen LogP contribution in [0.3, 0.4) is 0 Å². The molecule has 0 radical (unpaired) electrons. The van der Waals surface area contributed by atoms with Gasteiger partial charge in [-0.15, -0.1) is 4.91 Å². The number of hydrogen-bond donors (Lipinski definition) is 2. The fourth-order valence-corrected chi connectivity index (χ4v) is 4.46. The van der Waals surface area contributed by atoms with E-state index < -0.39 is 11.9 Å². The number of hydrogen-bond acceptors (Lipinski definition) is 5. The minimum Gasteiger partial charge on any atom is -0.481 e. The van der Waals surface area contributed by atoms with E-state index in [0.29, 0.717) is 13.0 Å². The highest BCUT2D eigenvalue weighted by molar-refractivity contribution is 5.79. The molecule has 208 valence electrons. The van der Waals surface area contributed by atoms with Crippen LogP contribution in [0.1, 0.15) is 77.1 Å². The van der Waals surface area contributed by atoms with Crippen molar-refractivity contribution in [2.24, 2.45) is 5.18 Å². The zero-order valence-electron chi connectivity index (χ0n) is 24.2. The van der Waals surface area contributed by atoms with Crippen LogP contribution in [0.15, 0.2) is 53.7 Å². The first-order valence-corrected chi connectivity index (χ1v) is 13.3. The maximum atomic E-state index is 11.6. The van der Waals surface area contributed by atoms with Gasteiger partial charge in [-0.3, -0.25) is 9.59 Å². The largest absolute Gasteiger partial charge is 0.481 e. The van der Waals surface area contributed by atoms with Crippen molar-refractivity contribution >= 4 is 23.3 Å². The van der Waals surface area contributed by atoms with Crippen molar-refractivity contribution < 1.29 is 14.7 Å². The summed E-state index contributed by atoms with van der Waals surface area (Å²) in [5, 5.41) is 15.1. The molecule has 2 N–H and O–H groups in total. The molecule has 2 aromatic carbocycles. The predicted molar refractivity (Wildman–Crippen MR) is 159 cm³/mol. The summed E-state index contributed by atoms with van der Waals surface area (Å²) in [6.45, 7) is 16.1. The van der Waals surface area contributed by atoms with Crippen LogP contribution in [0.25, 0.3) is 0 Å². The first-order valence-electron chi connectivity index (χ1n) is 13.3. The predicted octanol–water partition coefficient (Wildman–Crippen LogP) is 6.59. The number of nitroso groups, excluding NO2 is 1. The molecule has 0 spiro atoms. The molecule has 2 aromatic rings. The zero-order chi connectivity index (χ0) is 29.2. The molecule has 0 aliphatic rings. The van der Waals surface area contributed by atoms with Gasteiger partial charge in [0.15, 0.2) is 0 Å². The number of nitrogens with zero attached hydrogens (tertiary/aromatic N) is 2. The van der Waals surface area contributed by atoms with E-state index in [4.69, 9.17) is 0 Å². The second-order valence-corrected chi connectivity index (χ2v) is 11.2. The van der Waals surface area contributed by atoms with Gasteiger partial charge in [0.1, 0.15) is 0 Å². The molecule has 0 saturated heterocycles. The quantitative estimate of drug-likeness (QED) is 0.193. The minimum absolute atomic E-state index is 0.0115. The molecule has 0 saturated carbocycles. The van der Waals surface area contributed by atoms with Crippen LogP contribution in [-0.4, -0.2) is 30.1 Å². The number of amides is 1. The molecule has 0 aromatic heterocycles. The second-order valence-electron chi connectivity index (χ2n) is 11.2. The Kier molecular flexibility index (Phi) is 11.0. The van der Waals surface area contributed by atoms with E-state index in [-0.39, 0.29) is 23.7 Å². The van der Waals surface area contributed by atoms with E-state index in [2.05, 4.69) is 57.1 Å². The Hall–Kier alpha value is -3.92. The average Bonchev–Trinajstić information content (AvgIpc) is 2.86. The summed E-state index contributed by atoms with van der Waals surface area (Å²) >= 11 is 0. The Morgan fingerprint density at radius 1 is 1.00 bits per heavy atom. The number of carbonyl (C=O) groups excluding carboxylic acids is 1. The number of allylic oxidation sites excluding steroid dienone is 2. The normalized spacial score (nSPS) is 11.6. The van der Waals surface area contributed by atoms with Gasteiger partial charge in [0.2, 0.25) is 0 Å². The van der Waals surface area contributed by atoms with Crippen LogP contribution >= 0.6 is 0 Å². The van der Waals surface area contributed by atoms with Crippen molar-refractivity contribution in [1.82, 2.24) is 0 Å². The van der Waals surface area contributed by atoms with Gasteiger partial charge >= 0.3 is 5.97 Å². The van der Waals surface area contributed by atoms with Gasteiger partial charge in [-0.05, 0) is 71.6 Å². The third-order valence-electron chi connectivity index (χ3n) is 6.50. The molecule has 0 heterocycles. The SMILES string of the molecule is CCNc1ccc(CC(=O)N=O)cc1C(C)(C)C/C=C/C#CN(CC)c1ccc(CC(=O)O)cc1C(C)(C)C. The number of carbonyl (C=O) groups is 2. The summed E-state index contributed by atoms with van der Waals surface area (Å²) in [6.07, 6.45) is 4.59. The smallest absolute Gasteiger partial charge is 0.307 e. The molecule has 7 nitrogen and oxygen atoms in total. The van der Waals surface area contributed by atoms with E-state index in [1.807, 2.05) is 67.3 Å². The molecular formula is C32H41N3O4. The highest BCUT2D eigenvalue weighted by Crippen LogP contribution is 2.35. The van der Waals surface area contributed by atoms with Gasteiger partial charge in [-0.1, -0.05) is 70.9 Å². The number of rotatable bonds is 11. The number of aliphatic carboxylic acids is 1. The van der Waals surface area contributed by atoms with E-state index in [1.54, 1.807) is 0 Å². The van der Waals surface area contributed by atoms with Gasteiger partial charge in [0.25, 0.3) is 5.91 Å². The second kappa shape index (κ2) is 13.7. The Balaban J connectivity index is 2.28. The molecule has 0 fully saturated rings. The van der Waals surface area contributed by atoms with Gasteiger partial charge in [0.05, 0.1) is 18.5 Å². The lowest BCUT2D eigenvalue weighted by Gasteiger charge is -2.28. The maximum Gasteiger partial charge on any atom is 0.307 e. The highest BCUT2D eigenvalue weighted by atomic mass is 16.4. The summed E-state index contributed by atoms with van der Waals surface area (Å²) < 4.78 is 0. The van der Waals surface area contributed by atoms with Crippen LogP contribution in [-0.2, 0) is 33.3 Å². The van der Waals surface area contributed by atoms with Crippen molar-refractivity contribution in [1.29, 1.82) is 0 Å². The van der Waals surface area contributed by atoms with Gasteiger partial charge in [-0.2, -0.15) is 0 Å². The maximum absolute atomic E-state index is 11.6. The van der Waals surface area contributed by atoms with Crippen molar-refractivity contribution in [3.63, 3.8) is 0 Å². The number of nitrogens with one attached hydrogen (secondary N) is 1. The van der Waals surface area contributed by atoms with Crippen LogP contribution in [0.4, 0.5) is 11.4 Å².